The Morgan fingerprint density at radius 1 is 1.03 bits per heavy atom. The van der Waals surface area contributed by atoms with Crippen molar-refractivity contribution in [3.8, 4) is 0 Å². The summed E-state index contributed by atoms with van der Waals surface area (Å²) in [5.41, 5.74) is 0.308. The van der Waals surface area contributed by atoms with E-state index in [1.807, 2.05) is 6.92 Å². The Bertz CT molecular complexity index is 954. The molecule has 0 spiro atoms. The Labute approximate surface area is 173 Å². The van der Waals surface area contributed by atoms with Gasteiger partial charge in [0.15, 0.2) is 0 Å². The molecule has 1 unspecified atom stereocenters. The Kier molecular flexibility index (Phi) is 6.67. The highest BCUT2D eigenvalue weighted by molar-refractivity contribution is 7.89. The Balaban J connectivity index is 1.75. The van der Waals surface area contributed by atoms with Crippen molar-refractivity contribution < 1.29 is 21.6 Å². The number of nitrogens with zero attached hydrogens (tertiary/aromatic N) is 3. The first kappa shape index (κ1) is 22.2. The maximum atomic E-state index is 13.1. The van der Waals surface area contributed by atoms with Gasteiger partial charge in [0.25, 0.3) is 5.91 Å². The number of rotatable bonds is 5. The summed E-state index contributed by atoms with van der Waals surface area (Å²) < 4.78 is 53.0. The van der Waals surface area contributed by atoms with Gasteiger partial charge in [0.2, 0.25) is 20.0 Å². The predicted octanol–water partition coefficient (Wildman–Crippen LogP) is 1.36. The van der Waals surface area contributed by atoms with Gasteiger partial charge in [-0.15, -0.1) is 0 Å². The lowest BCUT2D eigenvalue weighted by Gasteiger charge is -2.34. The number of sulfonamides is 2. The maximum absolute atomic E-state index is 13.1. The van der Waals surface area contributed by atoms with Gasteiger partial charge in [0.05, 0.1) is 10.6 Å². The van der Waals surface area contributed by atoms with E-state index < -0.39 is 20.0 Å². The van der Waals surface area contributed by atoms with Crippen molar-refractivity contribution in [1.82, 2.24) is 13.5 Å². The molecule has 1 atom stereocenters. The van der Waals surface area contributed by atoms with Gasteiger partial charge in [-0.2, -0.15) is 8.61 Å². The van der Waals surface area contributed by atoms with Gasteiger partial charge in [-0.1, -0.05) is 12.5 Å². The molecule has 0 radical (unpaired) electrons. The van der Waals surface area contributed by atoms with Gasteiger partial charge in [0.1, 0.15) is 0 Å². The first-order chi connectivity index (χ1) is 13.7. The summed E-state index contributed by atoms with van der Waals surface area (Å²) in [6.07, 6.45) is 2.70. The molecule has 0 bridgehead atoms. The highest BCUT2D eigenvalue weighted by Gasteiger charge is 2.32. The molecule has 1 aromatic rings. The molecule has 162 valence electrons. The Morgan fingerprint density at radius 3 is 2.34 bits per heavy atom. The van der Waals surface area contributed by atoms with Gasteiger partial charge < -0.3 is 4.90 Å². The minimum absolute atomic E-state index is 0.0375. The molecular formula is C19H29N3O5S2. The summed E-state index contributed by atoms with van der Waals surface area (Å²) in [7, 11) is -6.92. The first-order valence-corrected chi connectivity index (χ1v) is 13.1. The third-order valence-corrected chi connectivity index (χ3v) is 9.60. The maximum Gasteiger partial charge on any atom is 0.253 e. The van der Waals surface area contributed by atoms with Crippen LogP contribution in [0.25, 0.3) is 0 Å². The van der Waals surface area contributed by atoms with Crippen LogP contribution in [-0.2, 0) is 20.0 Å². The average Bonchev–Trinajstić information content (AvgIpc) is 2.73. The molecule has 0 N–H and O–H groups in total. The number of hydrogen-bond acceptors (Lipinski definition) is 5. The fraction of sp³-hybridized carbons (Fsp3) is 0.632. The van der Waals surface area contributed by atoms with Crippen molar-refractivity contribution in [3.63, 3.8) is 0 Å². The summed E-state index contributed by atoms with van der Waals surface area (Å²) in [6.45, 7) is 5.10. The zero-order chi connectivity index (χ0) is 21.2. The average molecular weight is 444 g/mol. The highest BCUT2D eigenvalue weighted by atomic mass is 32.2. The lowest BCUT2D eigenvalue weighted by molar-refractivity contribution is 0.0697. The lowest BCUT2D eigenvalue weighted by atomic mass is 10.1. The number of piperidine rings is 1. The third kappa shape index (κ3) is 4.65. The second kappa shape index (κ2) is 8.71. The normalized spacial score (nSPS) is 22.6. The zero-order valence-corrected chi connectivity index (χ0v) is 18.6. The molecule has 0 aliphatic carbocycles. The summed E-state index contributed by atoms with van der Waals surface area (Å²) in [5, 5.41) is 0. The van der Waals surface area contributed by atoms with E-state index >= 15 is 0 Å². The minimum atomic E-state index is -3.65. The zero-order valence-electron chi connectivity index (χ0n) is 17.0. The van der Waals surface area contributed by atoms with Crippen molar-refractivity contribution >= 4 is 26.0 Å². The smallest absolute Gasteiger partial charge is 0.253 e. The van der Waals surface area contributed by atoms with Crippen LogP contribution >= 0.6 is 0 Å². The second-order valence-electron chi connectivity index (χ2n) is 7.58. The third-order valence-electron chi connectivity index (χ3n) is 5.71. The van der Waals surface area contributed by atoms with Gasteiger partial charge >= 0.3 is 0 Å². The highest BCUT2D eigenvalue weighted by Crippen LogP contribution is 2.26. The van der Waals surface area contributed by atoms with Crippen LogP contribution in [0.4, 0.5) is 0 Å². The van der Waals surface area contributed by atoms with E-state index in [1.165, 1.54) is 20.7 Å². The number of benzene rings is 1. The summed E-state index contributed by atoms with van der Waals surface area (Å²) in [6, 6.07) is 6.11. The number of carbonyl (C=O) groups excluding carboxylic acids is 1. The second-order valence-corrected chi connectivity index (χ2v) is 11.7. The molecule has 2 fully saturated rings. The summed E-state index contributed by atoms with van der Waals surface area (Å²) >= 11 is 0. The van der Waals surface area contributed by atoms with Gasteiger partial charge in [0, 0.05) is 44.3 Å². The summed E-state index contributed by atoms with van der Waals surface area (Å²) in [4.78, 5) is 14.6. The number of carbonyl (C=O) groups is 1. The number of amides is 1. The van der Waals surface area contributed by atoms with Crippen LogP contribution in [0.3, 0.4) is 0 Å². The Morgan fingerprint density at radius 2 is 1.72 bits per heavy atom. The van der Waals surface area contributed by atoms with Crippen molar-refractivity contribution in [2.75, 3.05) is 38.5 Å². The van der Waals surface area contributed by atoms with Crippen LogP contribution in [0.5, 0.6) is 0 Å². The molecule has 2 heterocycles. The number of hydrogen-bond donors (Lipinski definition) is 0. The molecule has 0 saturated carbocycles. The standard InChI is InChI=1S/C19H29N3O5S2/c1-3-28(24,25)21-13-11-20(12-14-21)19(23)17-8-6-9-18(15-17)29(26,27)22-10-5-4-7-16(22)2/h6,8-9,15-16H,3-5,7,10-14H2,1-2H3. The fourth-order valence-corrected chi connectivity index (χ4v) is 6.72. The van der Waals surface area contributed by atoms with Crippen LogP contribution in [0.2, 0.25) is 0 Å². The summed E-state index contributed by atoms with van der Waals surface area (Å²) in [5.74, 6) is -0.238. The van der Waals surface area contributed by atoms with Gasteiger partial charge in [-0.05, 0) is 44.9 Å². The fourth-order valence-electron chi connectivity index (χ4n) is 3.89. The van der Waals surface area contributed by atoms with Crippen molar-refractivity contribution in [2.45, 2.75) is 44.0 Å². The monoisotopic (exact) mass is 443 g/mol. The molecule has 8 nitrogen and oxygen atoms in total. The minimum Gasteiger partial charge on any atom is -0.336 e. The van der Waals surface area contributed by atoms with E-state index in [-0.39, 0.29) is 48.8 Å². The Hall–Kier alpha value is -1.49. The molecular weight excluding hydrogens is 414 g/mol. The van der Waals surface area contributed by atoms with Gasteiger partial charge in [-0.25, -0.2) is 16.8 Å². The van der Waals surface area contributed by atoms with Crippen LogP contribution in [0.15, 0.2) is 29.2 Å². The first-order valence-electron chi connectivity index (χ1n) is 10.1. The molecule has 10 heteroatoms. The molecule has 1 aromatic carbocycles. The molecule has 0 aromatic heterocycles. The quantitative estimate of drug-likeness (QED) is 0.685. The number of piperazine rings is 1. The van der Waals surface area contributed by atoms with Crippen molar-refractivity contribution in [1.29, 1.82) is 0 Å². The molecule has 1 amide bonds. The predicted molar refractivity (Wildman–Crippen MR) is 111 cm³/mol. The van der Waals surface area contributed by atoms with E-state index in [0.29, 0.717) is 12.1 Å². The molecule has 2 saturated heterocycles. The molecule has 3 rings (SSSR count). The molecule has 2 aliphatic rings. The van der Waals surface area contributed by atoms with E-state index in [2.05, 4.69) is 0 Å². The SMILES string of the molecule is CCS(=O)(=O)N1CCN(C(=O)c2cccc(S(=O)(=O)N3CCCCC3C)c2)CC1. The largest absolute Gasteiger partial charge is 0.336 e. The van der Waals surface area contributed by atoms with Crippen molar-refractivity contribution in [3.05, 3.63) is 29.8 Å². The van der Waals surface area contributed by atoms with Crippen LogP contribution in [-0.4, -0.2) is 80.8 Å². The van der Waals surface area contributed by atoms with E-state index in [9.17, 15) is 21.6 Å². The van der Waals surface area contributed by atoms with Crippen LogP contribution in [0, 0.1) is 0 Å². The van der Waals surface area contributed by atoms with E-state index in [1.54, 1.807) is 24.0 Å². The lowest BCUT2D eigenvalue weighted by Crippen LogP contribution is -2.50. The molecule has 2 aliphatic heterocycles. The van der Waals surface area contributed by atoms with Crippen LogP contribution < -0.4 is 0 Å². The van der Waals surface area contributed by atoms with E-state index in [0.717, 1.165) is 19.3 Å². The van der Waals surface area contributed by atoms with Gasteiger partial charge in [-0.3, -0.25) is 4.79 Å². The molecule has 29 heavy (non-hydrogen) atoms. The van der Waals surface area contributed by atoms with Crippen LogP contribution in [0.1, 0.15) is 43.5 Å². The van der Waals surface area contributed by atoms with Crippen molar-refractivity contribution in [2.24, 2.45) is 0 Å². The van der Waals surface area contributed by atoms with E-state index in [4.69, 9.17) is 0 Å². The topological polar surface area (TPSA) is 95.1 Å².